The molecule has 0 aliphatic heterocycles. The zero-order valence-electron chi connectivity index (χ0n) is 15.7. The van der Waals surface area contributed by atoms with E-state index in [1.54, 1.807) is 31.5 Å². The van der Waals surface area contributed by atoms with Gasteiger partial charge in [-0.25, -0.2) is 14.4 Å². The van der Waals surface area contributed by atoms with Crippen molar-refractivity contribution in [1.82, 2.24) is 9.97 Å². The van der Waals surface area contributed by atoms with Gasteiger partial charge in [-0.2, -0.15) is 0 Å². The Labute approximate surface area is 167 Å². The summed E-state index contributed by atoms with van der Waals surface area (Å²) in [5, 5.41) is 0.859. The van der Waals surface area contributed by atoms with E-state index in [9.17, 15) is 9.18 Å². The molecule has 2 aromatic heterocycles. The number of hydrogen-bond donors (Lipinski definition) is 1. The molecule has 4 aromatic rings. The van der Waals surface area contributed by atoms with Gasteiger partial charge < -0.3 is 10.5 Å². The number of hydrogen-bond acceptors (Lipinski definition) is 4. The predicted molar refractivity (Wildman–Crippen MR) is 109 cm³/mol. The molecule has 0 aliphatic carbocycles. The third-order valence-corrected chi connectivity index (χ3v) is 4.70. The van der Waals surface area contributed by atoms with Crippen molar-refractivity contribution in [3.8, 4) is 17.0 Å². The van der Waals surface area contributed by atoms with E-state index in [4.69, 9.17) is 10.5 Å². The maximum absolute atomic E-state index is 13.3. The first-order valence-electron chi connectivity index (χ1n) is 9.02. The van der Waals surface area contributed by atoms with Gasteiger partial charge in [-0.1, -0.05) is 24.3 Å². The van der Waals surface area contributed by atoms with Crippen molar-refractivity contribution in [3.63, 3.8) is 0 Å². The van der Waals surface area contributed by atoms with Gasteiger partial charge in [0.1, 0.15) is 11.5 Å². The van der Waals surface area contributed by atoms with Crippen LogP contribution >= 0.6 is 0 Å². The summed E-state index contributed by atoms with van der Waals surface area (Å²) in [6.45, 7) is 0. The van der Waals surface area contributed by atoms with Crippen molar-refractivity contribution in [2.75, 3.05) is 7.11 Å². The third-order valence-electron chi connectivity index (χ3n) is 4.70. The predicted octanol–water partition coefficient (Wildman–Crippen LogP) is 4.13. The topological polar surface area (TPSA) is 78.1 Å². The highest BCUT2D eigenvalue weighted by Crippen LogP contribution is 2.30. The molecule has 0 spiro atoms. The van der Waals surface area contributed by atoms with Crippen molar-refractivity contribution in [1.29, 1.82) is 0 Å². The lowest BCUT2D eigenvalue weighted by Gasteiger charge is -2.11. The number of nitrogens with zero attached hydrogens (tertiary/aromatic N) is 2. The molecule has 0 atom stereocenters. The molecule has 1 amide bonds. The first-order chi connectivity index (χ1) is 14.0. The Bertz CT molecular complexity index is 1210. The van der Waals surface area contributed by atoms with E-state index in [-0.39, 0.29) is 11.5 Å². The van der Waals surface area contributed by atoms with Gasteiger partial charge in [0.2, 0.25) is 5.88 Å². The van der Waals surface area contributed by atoms with Gasteiger partial charge in [0.15, 0.2) is 0 Å². The maximum atomic E-state index is 13.3. The second-order valence-electron chi connectivity index (χ2n) is 6.66. The van der Waals surface area contributed by atoms with Crippen molar-refractivity contribution in [2.24, 2.45) is 5.73 Å². The van der Waals surface area contributed by atoms with Crippen molar-refractivity contribution in [2.45, 2.75) is 6.42 Å². The number of fused-ring (bicyclic) bond motifs is 1. The summed E-state index contributed by atoms with van der Waals surface area (Å²) >= 11 is 0. The Morgan fingerprint density at radius 3 is 2.52 bits per heavy atom. The first-order valence-corrected chi connectivity index (χ1v) is 9.02. The van der Waals surface area contributed by atoms with E-state index in [1.807, 2.05) is 30.3 Å². The van der Waals surface area contributed by atoms with Crippen LogP contribution in [0.4, 0.5) is 4.39 Å². The molecule has 0 unspecified atom stereocenters. The second-order valence-corrected chi connectivity index (χ2v) is 6.66. The smallest absolute Gasteiger partial charge is 0.267 e. The molecular weight excluding hydrogens is 369 g/mol. The normalized spacial score (nSPS) is 10.8. The van der Waals surface area contributed by atoms with E-state index in [0.29, 0.717) is 17.8 Å². The van der Waals surface area contributed by atoms with E-state index in [0.717, 1.165) is 27.6 Å². The largest absolute Gasteiger partial charge is 0.481 e. The molecule has 2 N–H and O–H groups in total. The summed E-state index contributed by atoms with van der Waals surface area (Å²) in [5.74, 6) is -0.382. The summed E-state index contributed by atoms with van der Waals surface area (Å²) in [5.41, 5.74) is 9.93. The summed E-state index contributed by atoms with van der Waals surface area (Å²) in [6.07, 6.45) is 2.36. The van der Waals surface area contributed by atoms with Crippen LogP contribution in [0.25, 0.3) is 22.0 Å². The average molecular weight is 387 g/mol. The number of carbonyl (C=O) groups excluding carboxylic acids is 1. The lowest BCUT2D eigenvalue weighted by Crippen LogP contribution is -2.13. The zero-order valence-corrected chi connectivity index (χ0v) is 15.7. The number of carbonyl (C=O) groups is 1. The fourth-order valence-electron chi connectivity index (χ4n) is 3.29. The third kappa shape index (κ3) is 3.91. The molecule has 2 aromatic carbocycles. The number of rotatable bonds is 5. The molecule has 144 valence electrons. The van der Waals surface area contributed by atoms with Gasteiger partial charge in [0.05, 0.1) is 12.6 Å². The van der Waals surface area contributed by atoms with Crippen LogP contribution in [0.2, 0.25) is 0 Å². The Balaban J connectivity index is 1.81. The van der Waals surface area contributed by atoms with Gasteiger partial charge in [-0.3, -0.25) is 4.79 Å². The zero-order chi connectivity index (χ0) is 20.4. The molecule has 6 heteroatoms. The van der Waals surface area contributed by atoms with Crippen LogP contribution in [0, 0.1) is 5.82 Å². The molecule has 29 heavy (non-hydrogen) atoms. The molecule has 4 rings (SSSR count). The van der Waals surface area contributed by atoms with E-state index < -0.39 is 5.91 Å². The fourth-order valence-corrected chi connectivity index (χ4v) is 3.29. The average Bonchev–Trinajstić information content (AvgIpc) is 2.73. The molecule has 5 nitrogen and oxygen atoms in total. The molecule has 0 saturated carbocycles. The van der Waals surface area contributed by atoms with E-state index >= 15 is 0 Å². The minimum absolute atomic E-state index is 0.166. The molecule has 2 heterocycles. The molecule has 0 fully saturated rings. The van der Waals surface area contributed by atoms with Crippen LogP contribution in [-0.2, 0) is 6.42 Å². The Morgan fingerprint density at radius 2 is 1.79 bits per heavy atom. The SMILES string of the molecule is COc1cc(Cc2ccc3c(-c4ccc(F)cc4)cc(C(N)=O)nc3c2)ccn1. The number of methoxy groups -OCH3 is 1. The number of pyridine rings is 2. The minimum Gasteiger partial charge on any atom is -0.481 e. The first kappa shape index (κ1) is 18.6. The molecule has 0 bridgehead atoms. The number of nitrogens with two attached hydrogens (primary N) is 1. The Morgan fingerprint density at radius 1 is 1.03 bits per heavy atom. The van der Waals surface area contributed by atoms with Crippen LogP contribution in [0.5, 0.6) is 5.88 Å². The Hall–Kier alpha value is -3.80. The van der Waals surface area contributed by atoms with Gasteiger partial charge in [-0.15, -0.1) is 0 Å². The quantitative estimate of drug-likeness (QED) is 0.558. The van der Waals surface area contributed by atoms with Crippen molar-refractivity contribution < 1.29 is 13.9 Å². The maximum Gasteiger partial charge on any atom is 0.267 e. The number of halogens is 1. The summed E-state index contributed by atoms with van der Waals surface area (Å²) in [4.78, 5) is 20.4. The molecule has 0 radical (unpaired) electrons. The highest BCUT2D eigenvalue weighted by atomic mass is 19.1. The highest BCUT2D eigenvalue weighted by Gasteiger charge is 2.12. The van der Waals surface area contributed by atoms with Crippen molar-refractivity contribution in [3.05, 3.63) is 89.5 Å². The van der Waals surface area contributed by atoms with E-state index in [2.05, 4.69) is 9.97 Å². The van der Waals surface area contributed by atoms with E-state index in [1.165, 1.54) is 12.1 Å². The molecule has 0 saturated heterocycles. The van der Waals surface area contributed by atoms with Crippen LogP contribution in [0.3, 0.4) is 0 Å². The van der Waals surface area contributed by atoms with Gasteiger partial charge in [0.25, 0.3) is 5.91 Å². The highest BCUT2D eigenvalue weighted by molar-refractivity contribution is 6.00. The lowest BCUT2D eigenvalue weighted by atomic mass is 9.97. The lowest BCUT2D eigenvalue weighted by molar-refractivity contribution is 0.0996. The van der Waals surface area contributed by atoms with Gasteiger partial charge >= 0.3 is 0 Å². The number of benzene rings is 2. The number of amides is 1. The van der Waals surface area contributed by atoms with Crippen LogP contribution in [0.1, 0.15) is 21.6 Å². The molecule has 0 aliphatic rings. The number of primary amides is 1. The van der Waals surface area contributed by atoms with Crippen LogP contribution in [-0.4, -0.2) is 23.0 Å². The standard InChI is InChI=1S/C23H18FN3O2/c1-29-22-12-15(8-9-26-22)10-14-2-7-18-19(16-3-5-17(24)6-4-16)13-21(23(25)28)27-20(18)11-14/h2-9,11-13H,10H2,1H3,(H2,25,28). The summed E-state index contributed by atoms with van der Waals surface area (Å²) in [6, 6.07) is 17.5. The monoisotopic (exact) mass is 387 g/mol. The summed E-state index contributed by atoms with van der Waals surface area (Å²) < 4.78 is 18.5. The fraction of sp³-hybridized carbons (Fsp3) is 0.0870. The van der Waals surface area contributed by atoms with Crippen LogP contribution in [0.15, 0.2) is 66.9 Å². The number of aromatic nitrogens is 2. The molecular formula is C23H18FN3O2. The minimum atomic E-state index is -0.612. The van der Waals surface area contributed by atoms with Crippen LogP contribution < -0.4 is 10.5 Å². The number of ether oxygens (including phenoxy) is 1. The van der Waals surface area contributed by atoms with Crippen molar-refractivity contribution >= 4 is 16.8 Å². The second kappa shape index (κ2) is 7.67. The van der Waals surface area contributed by atoms with Gasteiger partial charge in [0, 0.05) is 17.6 Å². The Kier molecular flexibility index (Phi) is 4.91. The van der Waals surface area contributed by atoms with Gasteiger partial charge in [-0.05, 0) is 59.0 Å². The summed E-state index contributed by atoms with van der Waals surface area (Å²) in [7, 11) is 1.58.